The highest BCUT2D eigenvalue weighted by Crippen LogP contribution is 2.56. The van der Waals surface area contributed by atoms with Crippen LogP contribution in [0.25, 0.3) is 17.2 Å². The Morgan fingerprint density at radius 1 is 1.14 bits per heavy atom. The minimum atomic E-state index is 0.380. The summed E-state index contributed by atoms with van der Waals surface area (Å²) in [5.41, 5.74) is 5.74. The average Bonchev–Trinajstić information content (AvgIpc) is 3.49. The number of hydrogen-bond donors (Lipinski definition) is 0. The van der Waals surface area contributed by atoms with Gasteiger partial charge < -0.3 is 9.26 Å². The molecule has 8 heteroatoms. The van der Waals surface area contributed by atoms with Crippen LogP contribution in [0, 0.1) is 13.8 Å². The first-order chi connectivity index (χ1) is 14.2. The van der Waals surface area contributed by atoms with Gasteiger partial charge in [-0.05, 0) is 57.1 Å². The van der Waals surface area contributed by atoms with Crippen molar-refractivity contribution in [2.75, 3.05) is 0 Å². The van der Waals surface area contributed by atoms with Crippen LogP contribution in [-0.4, -0.2) is 30.0 Å². The third-order valence-electron chi connectivity index (χ3n) is 6.00. The van der Waals surface area contributed by atoms with Gasteiger partial charge >= 0.3 is 0 Å². The first-order valence-electron chi connectivity index (χ1n) is 9.95. The zero-order valence-corrected chi connectivity index (χ0v) is 16.3. The Hall–Kier alpha value is -3.29. The lowest BCUT2D eigenvalue weighted by atomic mass is 9.93. The highest BCUT2D eigenvalue weighted by molar-refractivity contribution is 5.64. The SMILES string of the molecule is Cc1cccc(COc2nn3c(-c4cc(C)on4)nnc3c3c2[C@@H]2CC[C@H]3C2)n1. The molecule has 0 radical (unpaired) electrons. The topological polar surface area (TPSA) is 91.2 Å². The molecule has 0 amide bonds. The molecule has 4 aromatic rings. The van der Waals surface area contributed by atoms with Gasteiger partial charge in [0.25, 0.3) is 0 Å². The molecule has 146 valence electrons. The molecule has 0 unspecified atom stereocenters. The molecular formula is C21H20N6O2. The van der Waals surface area contributed by atoms with Crippen LogP contribution in [0.5, 0.6) is 5.88 Å². The highest BCUT2D eigenvalue weighted by atomic mass is 16.5. The fraction of sp³-hybridized carbons (Fsp3) is 0.381. The van der Waals surface area contributed by atoms with E-state index in [1.54, 1.807) is 4.52 Å². The van der Waals surface area contributed by atoms with E-state index in [9.17, 15) is 0 Å². The molecule has 1 fully saturated rings. The molecule has 1 saturated carbocycles. The van der Waals surface area contributed by atoms with Crippen LogP contribution in [0.1, 0.15) is 59.4 Å². The summed E-state index contributed by atoms with van der Waals surface area (Å²) in [6.07, 6.45) is 3.50. The number of rotatable bonds is 4. The maximum absolute atomic E-state index is 6.22. The quantitative estimate of drug-likeness (QED) is 0.526. The summed E-state index contributed by atoms with van der Waals surface area (Å²) in [7, 11) is 0. The Morgan fingerprint density at radius 3 is 2.79 bits per heavy atom. The summed E-state index contributed by atoms with van der Waals surface area (Å²) < 4.78 is 13.2. The average molecular weight is 388 g/mol. The Bertz CT molecular complexity index is 1240. The lowest BCUT2D eigenvalue weighted by molar-refractivity contribution is 0.279. The monoisotopic (exact) mass is 388 g/mol. The van der Waals surface area contributed by atoms with Crippen molar-refractivity contribution in [1.29, 1.82) is 0 Å². The van der Waals surface area contributed by atoms with Crippen LogP contribution in [0.3, 0.4) is 0 Å². The van der Waals surface area contributed by atoms with Crippen molar-refractivity contribution >= 4 is 5.65 Å². The summed E-state index contributed by atoms with van der Waals surface area (Å²) in [4.78, 5) is 4.54. The Kier molecular flexibility index (Phi) is 3.50. The van der Waals surface area contributed by atoms with Crippen LogP contribution in [0.2, 0.25) is 0 Å². The molecule has 2 bridgehead atoms. The molecule has 8 nitrogen and oxygen atoms in total. The number of pyridine rings is 1. The third kappa shape index (κ3) is 2.55. The van der Waals surface area contributed by atoms with E-state index in [1.807, 2.05) is 38.1 Å². The summed E-state index contributed by atoms with van der Waals surface area (Å²) in [5, 5.41) is 17.7. The number of fused-ring (bicyclic) bond motifs is 7. The second-order valence-corrected chi connectivity index (χ2v) is 7.98. The third-order valence-corrected chi connectivity index (χ3v) is 6.00. The highest BCUT2D eigenvalue weighted by Gasteiger charge is 2.42. The lowest BCUT2D eigenvalue weighted by Crippen LogP contribution is -2.11. The van der Waals surface area contributed by atoms with Gasteiger partial charge in [-0.25, -0.2) is 0 Å². The van der Waals surface area contributed by atoms with Crippen LogP contribution in [0.4, 0.5) is 0 Å². The van der Waals surface area contributed by atoms with E-state index in [1.165, 1.54) is 24.0 Å². The normalized spacial score (nSPS) is 19.8. The summed E-state index contributed by atoms with van der Waals surface area (Å²) in [5.74, 6) is 2.93. The number of nitrogens with zero attached hydrogens (tertiary/aromatic N) is 6. The van der Waals surface area contributed by atoms with Crippen LogP contribution < -0.4 is 4.74 Å². The molecule has 4 aromatic heterocycles. The first kappa shape index (κ1) is 16.6. The summed E-state index contributed by atoms with van der Waals surface area (Å²) in [6, 6.07) is 7.79. The van der Waals surface area contributed by atoms with E-state index < -0.39 is 0 Å². The van der Waals surface area contributed by atoms with Gasteiger partial charge in [-0.1, -0.05) is 11.2 Å². The van der Waals surface area contributed by atoms with Gasteiger partial charge in [0.15, 0.2) is 11.3 Å². The van der Waals surface area contributed by atoms with Gasteiger partial charge in [-0.2, -0.15) is 4.52 Å². The van der Waals surface area contributed by atoms with Crippen molar-refractivity contribution in [3.05, 3.63) is 52.5 Å². The Labute approximate surface area is 166 Å². The number of hydrogen-bond acceptors (Lipinski definition) is 7. The fourth-order valence-electron chi connectivity index (χ4n) is 4.79. The molecule has 6 rings (SSSR count). The predicted molar refractivity (Wildman–Crippen MR) is 104 cm³/mol. The zero-order chi connectivity index (χ0) is 19.5. The predicted octanol–water partition coefficient (Wildman–Crippen LogP) is 3.73. The largest absolute Gasteiger partial charge is 0.470 e. The minimum absolute atomic E-state index is 0.380. The molecule has 0 saturated heterocycles. The van der Waals surface area contributed by atoms with Gasteiger partial charge in [0.1, 0.15) is 12.4 Å². The Balaban J connectivity index is 1.48. The van der Waals surface area contributed by atoms with Crippen molar-refractivity contribution in [3.63, 3.8) is 0 Å². The van der Waals surface area contributed by atoms with Crippen LogP contribution in [0.15, 0.2) is 28.8 Å². The number of aryl methyl sites for hydroxylation is 2. The van der Waals surface area contributed by atoms with E-state index >= 15 is 0 Å². The summed E-state index contributed by atoms with van der Waals surface area (Å²) >= 11 is 0. The number of aromatic nitrogens is 6. The minimum Gasteiger partial charge on any atom is -0.470 e. The van der Waals surface area contributed by atoms with E-state index in [0.29, 0.717) is 35.8 Å². The fourth-order valence-corrected chi connectivity index (χ4v) is 4.79. The molecule has 2 atom stereocenters. The van der Waals surface area contributed by atoms with Gasteiger partial charge in [-0.15, -0.1) is 15.3 Å². The second kappa shape index (κ2) is 6.10. The molecule has 2 aliphatic rings. The molecule has 0 aliphatic heterocycles. The smallest absolute Gasteiger partial charge is 0.236 e. The van der Waals surface area contributed by atoms with E-state index in [-0.39, 0.29) is 0 Å². The molecule has 0 spiro atoms. The molecule has 0 N–H and O–H groups in total. The molecule has 0 aromatic carbocycles. The molecular weight excluding hydrogens is 368 g/mol. The van der Waals surface area contributed by atoms with E-state index in [4.69, 9.17) is 14.4 Å². The molecule has 4 heterocycles. The maximum Gasteiger partial charge on any atom is 0.236 e. The van der Waals surface area contributed by atoms with Crippen LogP contribution in [-0.2, 0) is 6.61 Å². The zero-order valence-electron chi connectivity index (χ0n) is 16.3. The standard InChI is InChI=1S/C21H20N6O2/c1-11-4-3-5-15(22-11)10-28-21-18-14-7-6-13(9-14)17(18)20-24-23-19(27(20)25-21)16-8-12(2)29-26-16/h3-5,8,13-14H,6-7,9-10H2,1-2H3/t13-,14+/m0/s1. The van der Waals surface area contributed by atoms with Gasteiger partial charge in [0.05, 0.1) is 5.69 Å². The second-order valence-electron chi connectivity index (χ2n) is 7.98. The van der Waals surface area contributed by atoms with Gasteiger partial charge in [0, 0.05) is 22.9 Å². The first-order valence-corrected chi connectivity index (χ1v) is 9.95. The summed E-state index contributed by atoms with van der Waals surface area (Å²) in [6.45, 7) is 4.21. The van der Waals surface area contributed by atoms with Crippen LogP contribution >= 0.6 is 0 Å². The molecule has 2 aliphatic carbocycles. The van der Waals surface area contributed by atoms with Crippen molar-refractivity contribution in [3.8, 4) is 17.4 Å². The van der Waals surface area contributed by atoms with Gasteiger partial charge in [0.2, 0.25) is 11.7 Å². The van der Waals surface area contributed by atoms with Gasteiger partial charge in [-0.3, -0.25) is 4.98 Å². The van der Waals surface area contributed by atoms with E-state index in [0.717, 1.165) is 29.2 Å². The van der Waals surface area contributed by atoms with Crippen molar-refractivity contribution < 1.29 is 9.26 Å². The number of ether oxygens (including phenoxy) is 1. The van der Waals surface area contributed by atoms with Crippen molar-refractivity contribution in [2.45, 2.75) is 51.6 Å². The van der Waals surface area contributed by atoms with Crippen molar-refractivity contribution in [2.24, 2.45) is 0 Å². The van der Waals surface area contributed by atoms with E-state index in [2.05, 4.69) is 20.3 Å². The van der Waals surface area contributed by atoms with Crippen molar-refractivity contribution in [1.82, 2.24) is 30.0 Å². The molecule has 29 heavy (non-hydrogen) atoms. The lowest BCUT2D eigenvalue weighted by Gasteiger charge is -2.19. The Morgan fingerprint density at radius 2 is 2.00 bits per heavy atom. The maximum atomic E-state index is 6.22.